The molecule has 1 aromatic heterocycles. The van der Waals surface area contributed by atoms with Crippen molar-refractivity contribution < 1.29 is 9.53 Å². The molecule has 1 aliphatic heterocycles. The fourth-order valence-electron chi connectivity index (χ4n) is 2.93. The van der Waals surface area contributed by atoms with Crippen LogP contribution in [0.15, 0.2) is 24.3 Å². The summed E-state index contributed by atoms with van der Waals surface area (Å²) < 4.78 is 6.13. The van der Waals surface area contributed by atoms with Crippen LogP contribution >= 0.6 is 22.9 Å². The molecule has 0 N–H and O–H groups in total. The first-order valence-corrected chi connectivity index (χ1v) is 8.38. The van der Waals surface area contributed by atoms with Gasteiger partial charge in [-0.2, -0.15) is 0 Å². The Morgan fingerprint density at radius 3 is 3.00 bits per heavy atom. The molecule has 0 amide bonds. The van der Waals surface area contributed by atoms with E-state index in [2.05, 4.69) is 11.0 Å². The first-order chi connectivity index (χ1) is 10.2. The summed E-state index contributed by atoms with van der Waals surface area (Å²) >= 11 is 8.22. The molecule has 1 aromatic carbocycles. The molecule has 1 fully saturated rings. The number of ether oxygens (including phenoxy) is 1. The largest absolute Gasteiger partial charge is 0.468 e. The zero-order valence-electron chi connectivity index (χ0n) is 12.0. The van der Waals surface area contributed by atoms with Gasteiger partial charge in [-0.3, -0.25) is 9.69 Å². The lowest BCUT2D eigenvalue weighted by Crippen LogP contribution is -2.44. The molecule has 1 saturated heterocycles. The zero-order valence-corrected chi connectivity index (χ0v) is 13.5. The first-order valence-electron chi connectivity index (χ1n) is 7.18. The number of carbonyl (C=O) groups excluding carboxylic acids is 1. The van der Waals surface area contributed by atoms with Gasteiger partial charge in [0.1, 0.15) is 6.04 Å². The highest BCUT2D eigenvalue weighted by Gasteiger charge is 2.30. The van der Waals surface area contributed by atoms with Gasteiger partial charge in [-0.15, -0.1) is 11.3 Å². The van der Waals surface area contributed by atoms with E-state index in [0.29, 0.717) is 0 Å². The Labute approximate surface area is 133 Å². The van der Waals surface area contributed by atoms with Crippen molar-refractivity contribution in [2.75, 3.05) is 13.7 Å². The molecule has 21 heavy (non-hydrogen) atoms. The van der Waals surface area contributed by atoms with Crippen LogP contribution in [0.2, 0.25) is 5.02 Å². The standard InChI is InChI=1S/C16H18ClNO2S/c1-20-16(19)12-7-4-5-9-18(12)10-14-15(17)11-6-2-3-8-13(11)21-14/h2-3,6,8,12H,4-5,7,9-10H2,1H3/t12-/m0/s1. The number of esters is 1. The summed E-state index contributed by atoms with van der Waals surface area (Å²) in [7, 11) is 1.46. The van der Waals surface area contributed by atoms with Crippen molar-refractivity contribution in [2.45, 2.75) is 31.8 Å². The third kappa shape index (κ3) is 2.93. The summed E-state index contributed by atoms with van der Waals surface area (Å²) in [6.07, 6.45) is 3.07. The minimum atomic E-state index is -0.134. The summed E-state index contributed by atoms with van der Waals surface area (Å²) in [5, 5.41) is 1.93. The molecule has 2 aromatic rings. The highest BCUT2D eigenvalue weighted by atomic mass is 35.5. The van der Waals surface area contributed by atoms with Gasteiger partial charge >= 0.3 is 5.97 Å². The number of likely N-dealkylation sites (tertiary alicyclic amines) is 1. The second-order valence-electron chi connectivity index (χ2n) is 5.34. The first kappa shape index (κ1) is 14.8. The molecular weight excluding hydrogens is 306 g/mol. The van der Waals surface area contributed by atoms with Crippen LogP contribution in [0, 0.1) is 0 Å². The van der Waals surface area contributed by atoms with E-state index in [0.717, 1.165) is 47.6 Å². The smallest absolute Gasteiger partial charge is 0.323 e. The topological polar surface area (TPSA) is 29.5 Å². The number of benzene rings is 1. The second kappa shape index (κ2) is 6.34. The number of fused-ring (bicyclic) bond motifs is 1. The molecule has 0 radical (unpaired) electrons. The Bertz CT molecular complexity index is 655. The summed E-state index contributed by atoms with van der Waals surface area (Å²) in [5.74, 6) is -0.132. The third-order valence-corrected chi connectivity index (χ3v) is 5.73. The number of halogens is 1. The summed E-state index contributed by atoms with van der Waals surface area (Å²) in [6, 6.07) is 8.03. The number of nitrogens with zero attached hydrogens (tertiary/aromatic N) is 1. The number of hydrogen-bond acceptors (Lipinski definition) is 4. The fraction of sp³-hybridized carbons (Fsp3) is 0.438. The summed E-state index contributed by atoms with van der Waals surface area (Å²) in [5.41, 5.74) is 0. The average molecular weight is 324 g/mol. The van der Waals surface area contributed by atoms with Crippen LogP contribution in [0.3, 0.4) is 0 Å². The third-order valence-electron chi connectivity index (χ3n) is 4.04. The van der Waals surface area contributed by atoms with E-state index >= 15 is 0 Å². The Balaban J connectivity index is 1.86. The predicted octanol–water partition coefficient (Wildman–Crippen LogP) is 4.08. The van der Waals surface area contributed by atoms with Gasteiger partial charge in [0.25, 0.3) is 0 Å². The lowest BCUT2D eigenvalue weighted by atomic mass is 10.0. The molecule has 1 aliphatic rings. The van der Waals surface area contributed by atoms with E-state index in [1.165, 1.54) is 11.8 Å². The van der Waals surface area contributed by atoms with Crippen molar-refractivity contribution in [3.63, 3.8) is 0 Å². The van der Waals surface area contributed by atoms with Gasteiger partial charge in [0.2, 0.25) is 0 Å². The van der Waals surface area contributed by atoms with Crippen LogP contribution in [0.4, 0.5) is 0 Å². The predicted molar refractivity (Wildman–Crippen MR) is 86.9 cm³/mol. The fourth-order valence-corrected chi connectivity index (χ4v) is 4.45. The minimum absolute atomic E-state index is 0.132. The normalized spacial score (nSPS) is 19.8. The van der Waals surface area contributed by atoms with Crippen LogP contribution in [-0.4, -0.2) is 30.6 Å². The van der Waals surface area contributed by atoms with Gasteiger partial charge in [0.15, 0.2) is 0 Å². The summed E-state index contributed by atoms with van der Waals surface area (Å²) in [4.78, 5) is 15.3. The van der Waals surface area contributed by atoms with E-state index < -0.39 is 0 Å². The molecule has 112 valence electrons. The highest BCUT2D eigenvalue weighted by molar-refractivity contribution is 7.19. The molecule has 0 spiro atoms. The Hall–Kier alpha value is -1.10. The minimum Gasteiger partial charge on any atom is -0.468 e. The van der Waals surface area contributed by atoms with Crippen LogP contribution in [-0.2, 0) is 16.1 Å². The van der Waals surface area contributed by atoms with Crippen LogP contribution in [0.25, 0.3) is 10.1 Å². The molecule has 1 atom stereocenters. The van der Waals surface area contributed by atoms with Crippen LogP contribution < -0.4 is 0 Å². The monoisotopic (exact) mass is 323 g/mol. The maximum absolute atomic E-state index is 11.9. The van der Waals surface area contributed by atoms with Gasteiger partial charge < -0.3 is 4.74 Å². The number of carbonyl (C=O) groups is 1. The molecule has 0 bridgehead atoms. The Morgan fingerprint density at radius 1 is 1.43 bits per heavy atom. The number of piperidine rings is 1. The van der Waals surface area contributed by atoms with Crippen LogP contribution in [0.1, 0.15) is 24.1 Å². The molecule has 0 aliphatic carbocycles. The number of rotatable bonds is 3. The van der Waals surface area contributed by atoms with Crippen LogP contribution in [0.5, 0.6) is 0 Å². The van der Waals surface area contributed by atoms with Crippen molar-refractivity contribution in [1.29, 1.82) is 0 Å². The molecule has 3 rings (SSSR count). The molecule has 0 saturated carbocycles. The van der Waals surface area contributed by atoms with Gasteiger partial charge in [-0.05, 0) is 25.5 Å². The maximum atomic E-state index is 11.9. The molecule has 3 nitrogen and oxygen atoms in total. The van der Waals surface area contributed by atoms with Gasteiger partial charge in [-0.1, -0.05) is 36.2 Å². The van der Waals surface area contributed by atoms with E-state index in [1.807, 2.05) is 18.2 Å². The van der Waals surface area contributed by atoms with Crippen molar-refractivity contribution in [2.24, 2.45) is 0 Å². The molecule has 0 unspecified atom stereocenters. The molecular formula is C16H18ClNO2S. The van der Waals surface area contributed by atoms with Crippen molar-refractivity contribution >= 4 is 39.0 Å². The molecule has 2 heterocycles. The van der Waals surface area contributed by atoms with Crippen molar-refractivity contribution in [3.8, 4) is 0 Å². The second-order valence-corrected chi connectivity index (χ2v) is 6.86. The Kier molecular flexibility index (Phi) is 4.48. The van der Waals surface area contributed by atoms with E-state index in [1.54, 1.807) is 11.3 Å². The van der Waals surface area contributed by atoms with Crippen molar-refractivity contribution in [1.82, 2.24) is 4.90 Å². The SMILES string of the molecule is COC(=O)[C@@H]1CCCCN1Cc1sc2ccccc2c1Cl. The maximum Gasteiger partial charge on any atom is 0.323 e. The summed E-state index contributed by atoms with van der Waals surface area (Å²) in [6.45, 7) is 1.64. The number of methoxy groups -OCH3 is 1. The lowest BCUT2D eigenvalue weighted by Gasteiger charge is -2.33. The van der Waals surface area contributed by atoms with Gasteiger partial charge in [0, 0.05) is 21.5 Å². The quantitative estimate of drug-likeness (QED) is 0.797. The van der Waals surface area contributed by atoms with E-state index in [4.69, 9.17) is 16.3 Å². The average Bonchev–Trinajstić information content (AvgIpc) is 2.84. The van der Waals surface area contributed by atoms with E-state index in [9.17, 15) is 4.79 Å². The Morgan fingerprint density at radius 2 is 2.24 bits per heavy atom. The van der Waals surface area contributed by atoms with Gasteiger partial charge in [-0.25, -0.2) is 0 Å². The van der Waals surface area contributed by atoms with Gasteiger partial charge in [0.05, 0.1) is 12.1 Å². The lowest BCUT2D eigenvalue weighted by molar-refractivity contribution is -0.148. The highest BCUT2D eigenvalue weighted by Crippen LogP contribution is 2.36. The van der Waals surface area contributed by atoms with E-state index in [-0.39, 0.29) is 12.0 Å². The number of thiophene rings is 1. The number of hydrogen-bond donors (Lipinski definition) is 0. The van der Waals surface area contributed by atoms with Crippen molar-refractivity contribution in [3.05, 3.63) is 34.2 Å². The molecule has 5 heteroatoms. The zero-order chi connectivity index (χ0) is 14.8.